The number of carbonyl (C=O) groups excluding carboxylic acids is 2. The highest BCUT2D eigenvalue weighted by molar-refractivity contribution is 5.96. The summed E-state index contributed by atoms with van der Waals surface area (Å²) < 4.78 is 0. The Hall–Kier alpha value is -2.96. The predicted octanol–water partition coefficient (Wildman–Crippen LogP) is 1.06. The number of rotatable bonds is 4. The van der Waals surface area contributed by atoms with E-state index in [2.05, 4.69) is 12.3 Å². The van der Waals surface area contributed by atoms with Gasteiger partial charge in [-0.15, -0.1) is 0 Å². The first-order valence-electron chi connectivity index (χ1n) is 5.47. The highest BCUT2D eigenvalue weighted by atomic mass is 16.7. The van der Waals surface area contributed by atoms with E-state index in [0.29, 0.717) is 0 Å². The Kier molecular flexibility index (Phi) is 7.70. The summed E-state index contributed by atoms with van der Waals surface area (Å²) in [5.74, 6) is -1.19. The monoisotopic (exact) mass is 277 g/mol. The molecule has 1 aromatic rings. The molecule has 0 saturated carbocycles. The summed E-state index contributed by atoms with van der Waals surface area (Å²) in [6, 6.07) is 9.12. The Morgan fingerprint density at radius 1 is 1.35 bits per heavy atom. The van der Waals surface area contributed by atoms with Gasteiger partial charge in [-0.2, -0.15) is 0 Å². The lowest BCUT2D eigenvalue weighted by Crippen LogP contribution is -2.29. The first-order chi connectivity index (χ1) is 9.36. The highest BCUT2D eigenvalue weighted by Crippen LogP contribution is 2.05. The summed E-state index contributed by atoms with van der Waals surface area (Å²) in [6.07, 6.45) is 2.64. The summed E-state index contributed by atoms with van der Waals surface area (Å²) in [7, 11) is 0. The van der Waals surface area contributed by atoms with Gasteiger partial charge in [0, 0.05) is 5.57 Å². The van der Waals surface area contributed by atoms with Crippen molar-refractivity contribution in [3.63, 3.8) is 0 Å². The van der Waals surface area contributed by atoms with E-state index < -0.39 is 16.8 Å². The van der Waals surface area contributed by atoms with Gasteiger partial charge in [-0.25, -0.2) is 10.1 Å². The maximum atomic E-state index is 11.1. The Morgan fingerprint density at radius 3 is 2.25 bits per heavy atom. The summed E-state index contributed by atoms with van der Waals surface area (Å²) in [5, 5.41) is 9.14. The van der Waals surface area contributed by atoms with E-state index in [1.165, 1.54) is 6.92 Å². The molecule has 7 heteroatoms. The van der Waals surface area contributed by atoms with Crippen LogP contribution in [0.3, 0.4) is 0 Å². The largest absolute Gasteiger partial charge is 0.366 e. The van der Waals surface area contributed by atoms with Crippen molar-refractivity contribution in [3.05, 3.63) is 64.2 Å². The van der Waals surface area contributed by atoms with Gasteiger partial charge in [-0.3, -0.25) is 9.59 Å². The van der Waals surface area contributed by atoms with Crippen LogP contribution in [-0.4, -0.2) is 16.8 Å². The standard InChI is InChI=1S/C10H10N2O3.C3H5NO/c1-8(10(13)11-12(14)15)7-9-5-3-2-4-6-9;1-2-3(4)5/h2-7H,1H3,(H,11,13);2H,1H2,(H2,4,5). The molecule has 20 heavy (non-hydrogen) atoms. The Labute approximate surface area is 115 Å². The van der Waals surface area contributed by atoms with Crippen molar-refractivity contribution in [2.45, 2.75) is 6.92 Å². The smallest absolute Gasteiger partial charge is 0.306 e. The number of primary amides is 1. The minimum atomic E-state index is -0.870. The minimum absolute atomic E-state index is 0.290. The number of amides is 2. The number of carbonyl (C=O) groups is 2. The third-order valence-corrected chi connectivity index (χ3v) is 1.93. The van der Waals surface area contributed by atoms with Gasteiger partial charge in [-0.05, 0) is 24.6 Å². The Bertz CT molecular complexity index is 524. The average Bonchev–Trinajstić information content (AvgIpc) is 2.39. The number of benzene rings is 1. The van der Waals surface area contributed by atoms with Crippen molar-refractivity contribution >= 4 is 17.9 Å². The summed E-state index contributed by atoms with van der Waals surface area (Å²) in [4.78, 5) is 30.6. The van der Waals surface area contributed by atoms with Crippen LogP contribution in [0.1, 0.15) is 12.5 Å². The van der Waals surface area contributed by atoms with E-state index in [9.17, 15) is 19.7 Å². The van der Waals surface area contributed by atoms with Crippen LogP contribution < -0.4 is 11.2 Å². The molecule has 0 bridgehead atoms. The zero-order chi connectivity index (χ0) is 15.5. The number of hydrogen-bond acceptors (Lipinski definition) is 4. The average molecular weight is 277 g/mol. The molecule has 0 aliphatic rings. The molecule has 0 spiro atoms. The van der Waals surface area contributed by atoms with Gasteiger partial charge >= 0.3 is 5.91 Å². The van der Waals surface area contributed by atoms with Crippen LogP contribution in [0.4, 0.5) is 0 Å². The molecule has 0 saturated heterocycles. The van der Waals surface area contributed by atoms with Crippen molar-refractivity contribution in [1.29, 1.82) is 0 Å². The third kappa shape index (κ3) is 8.18. The lowest BCUT2D eigenvalue weighted by molar-refractivity contribution is -0.529. The van der Waals surface area contributed by atoms with Crippen molar-refractivity contribution < 1.29 is 14.6 Å². The first kappa shape index (κ1) is 17.0. The topological polar surface area (TPSA) is 115 Å². The number of nitro groups is 1. The van der Waals surface area contributed by atoms with Gasteiger partial charge < -0.3 is 5.73 Å². The fourth-order valence-corrected chi connectivity index (χ4v) is 1.04. The molecule has 0 atom stereocenters. The van der Waals surface area contributed by atoms with Gasteiger partial charge in [0.25, 0.3) is 0 Å². The van der Waals surface area contributed by atoms with E-state index in [-0.39, 0.29) is 5.57 Å². The Balaban J connectivity index is 0.000000621. The van der Waals surface area contributed by atoms with Crippen LogP contribution in [0.5, 0.6) is 0 Å². The van der Waals surface area contributed by atoms with E-state index in [0.717, 1.165) is 11.6 Å². The molecule has 0 unspecified atom stereocenters. The summed E-state index contributed by atoms with van der Waals surface area (Å²) in [5.41, 5.74) is 7.23. The molecule has 3 N–H and O–H groups in total. The second-order valence-corrected chi connectivity index (χ2v) is 3.54. The number of nitrogens with zero attached hydrogens (tertiary/aromatic N) is 1. The summed E-state index contributed by atoms with van der Waals surface area (Å²) in [6.45, 7) is 4.61. The number of hydrazine groups is 1. The second kappa shape index (κ2) is 9.03. The van der Waals surface area contributed by atoms with Crippen molar-refractivity contribution in [3.8, 4) is 0 Å². The molecule has 0 heterocycles. The Morgan fingerprint density at radius 2 is 1.85 bits per heavy atom. The molecule has 0 aliphatic heterocycles. The first-order valence-corrected chi connectivity index (χ1v) is 5.47. The maximum absolute atomic E-state index is 11.1. The van der Waals surface area contributed by atoms with Gasteiger partial charge in [0.15, 0.2) is 5.03 Å². The maximum Gasteiger partial charge on any atom is 0.306 e. The quantitative estimate of drug-likeness (QED) is 0.486. The molecular formula is C13H15N3O4. The van der Waals surface area contributed by atoms with Gasteiger partial charge in [0.1, 0.15) is 0 Å². The van der Waals surface area contributed by atoms with Crippen LogP contribution in [0.25, 0.3) is 6.08 Å². The molecule has 7 nitrogen and oxygen atoms in total. The fourth-order valence-electron chi connectivity index (χ4n) is 1.04. The van der Waals surface area contributed by atoms with Crippen molar-refractivity contribution in [2.24, 2.45) is 5.73 Å². The highest BCUT2D eigenvalue weighted by Gasteiger charge is 2.08. The van der Waals surface area contributed by atoms with E-state index >= 15 is 0 Å². The molecule has 0 radical (unpaired) electrons. The van der Waals surface area contributed by atoms with Gasteiger partial charge in [0.05, 0.1) is 0 Å². The van der Waals surface area contributed by atoms with E-state index in [4.69, 9.17) is 0 Å². The zero-order valence-corrected chi connectivity index (χ0v) is 10.9. The zero-order valence-electron chi connectivity index (χ0n) is 10.9. The van der Waals surface area contributed by atoms with E-state index in [1.54, 1.807) is 11.5 Å². The number of nitrogens with two attached hydrogens (primary N) is 1. The predicted molar refractivity (Wildman–Crippen MR) is 74.6 cm³/mol. The molecule has 1 aromatic carbocycles. The second-order valence-electron chi connectivity index (χ2n) is 3.54. The SMILES string of the molecule is C=CC(N)=O.CC(=Cc1ccccc1)C(=O)N[N+](=O)[O-]. The van der Waals surface area contributed by atoms with E-state index in [1.807, 2.05) is 30.3 Å². The molecule has 0 fully saturated rings. The normalized spacial score (nSPS) is 9.75. The van der Waals surface area contributed by atoms with Gasteiger partial charge in [0.2, 0.25) is 5.91 Å². The molecule has 0 aliphatic carbocycles. The number of nitrogens with one attached hydrogen (secondary N) is 1. The molecule has 1 rings (SSSR count). The van der Waals surface area contributed by atoms with Crippen LogP contribution in [0.15, 0.2) is 48.6 Å². The minimum Gasteiger partial charge on any atom is -0.366 e. The molecule has 106 valence electrons. The molecule has 0 aromatic heterocycles. The number of hydrogen-bond donors (Lipinski definition) is 2. The van der Waals surface area contributed by atoms with Crippen LogP contribution in [0, 0.1) is 10.1 Å². The fraction of sp³-hybridized carbons (Fsp3) is 0.0769. The lowest BCUT2D eigenvalue weighted by Gasteiger charge is -1.97. The van der Waals surface area contributed by atoms with Crippen LogP contribution in [0.2, 0.25) is 0 Å². The molecular weight excluding hydrogens is 262 g/mol. The van der Waals surface area contributed by atoms with Crippen LogP contribution in [-0.2, 0) is 9.59 Å². The third-order valence-electron chi connectivity index (χ3n) is 1.93. The lowest BCUT2D eigenvalue weighted by atomic mass is 10.1. The van der Waals surface area contributed by atoms with Crippen molar-refractivity contribution in [1.82, 2.24) is 5.43 Å². The molecule has 2 amide bonds. The van der Waals surface area contributed by atoms with Crippen LogP contribution >= 0.6 is 0 Å². The summed E-state index contributed by atoms with van der Waals surface area (Å²) >= 11 is 0. The van der Waals surface area contributed by atoms with Gasteiger partial charge in [-0.1, -0.05) is 42.3 Å². The van der Waals surface area contributed by atoms with Crippen molar-refractivity contribution in [2.75, 3.05) is 0 Å².